The van der Waals surface area contributed by atoms with E-state index in [4.69, 9.17) is 4.74 Å². The van der Waals surface area contributed by atoms with Gasteiger partial charge in [-0.25, -0.2) is 0 Å². The third kappa shape index (κ3) is 3.02. The lowest BCUT2D eigenvalue weighted by Gasteiger charge is -2.36. The number of nitrogens with zero attached hydrogens (tertiary/aromatic N) is 3. The second-order valence-corrected chi connectivity index (χ2v) is 7.50. The topological polar surface area (TPSA) is 47.4 Å². The zero-order chi connectivity index (χ0) is 16.5. The summed E-state index contributed by atoms with van der Waals surface area (Å²) in [6, 6.07) is 8.19. The van der Waals surface area contributed by atoms with E-state index < -0.39 is 0 Å². The fraction of sp³-hybridized carbons (Fsp3) is 0.444. The predicted molar refractivity (Wildman–Crippen MR) is 93.4 cm³/mol. The van der Waals surface area contributed by atoms with E-state index >= 15 is 0 Å². The number of thioether (sulfide) groups is 1. The van der Waals surface area contributed by atoms with Crippen LogP contribution in [0.25, 0.3) is 0 Å². The van der Waals surface area contributed by atoms with E-state index in [1.807, 2.05) is 47.0 Å². The number of benzene rings is 1. The summed E-state index contributed by atoms with van der Waals surface area (Å²) in [6.07, 6.45) is 5.61. The highest BCUT2D eigenvalue weighted by Crippen LogP contribution is 2.35. The second-order valence-electron chi connectivity index (χ2n) is 6.44. The number of aromatic nitrogens is 2. The quantitative estimate of drug-likeness (QED) is 0.841. The maximum Gasteiger partial charge on any atom is 0.264 e. The lowest BCUT2D eigenvalue weighted by atomic mass is 10.1. The van der Waals surface area contributed by atoms with Crippen molar-refractivity contribution in [1.29, 1.82) is 0 Å². The monoisotopic (exact) mass is 343 g/mol. The Hall–Kier alpha value is -1.95. The number of para-hydroxylation sites is 1. The van der Waals surface area contributed by atoms with Gasteiger partial charge >= 0.3 is 0 Å². The zero-order valence-corrected chi connectivity index (χ0v) is 14.5. The van der Waals surface area contributed by atoms with Crippen molar-refractivity contribution in [3.8, 4) is 5.75 Å². The number of carbonyl (C=O) groups is 1. The van der Waals surface area contributed by atoms with Crippen molar-refractivity contribution in [3.05, 3.63) is 42.2 Å². The summed E-state index contributed by atoms with van der Waals surface area (Å²) in [5, 5.41) is 4.42. The Morgan fingerprint density at radius 3 is 3.08 bits per heavy atom. The molecule has 4 rings (SSSR count). The average Bonchev–Trinajstić information content (AvgIpc) is 3.07. The molecule has 2 aromatic rings. The molecule has 0 bridgehead atoms. The van der Waals surface area contributed by atoms with Gasteiger partial charge in [-0.15, -0.1) is 11.8 Å². The smallest absolute Gasteiger partial charge is 0.264 e. The van der Waals surface area contributed by atoms with E-state index in [1.165, 1.54) is 0 Å². The van der Waals surface area contributed by atoms with Crippen LogP contribution >= 0.6 is 11.8 Å². The van der Waals surface area contributed by atoms with Crippen LogP contribution in [0, 0.1) is 6.92 Å². The molecule has 0 unspecified atom stereocenters. The molecule has 3 heterocycles. The van der Waals surface area contributed by atoms with Gasteiger partial charge in [0.05, 0.1) is 12.2 Å². The van der Waals surface area contributed by atoms with Gasteiger partial charge in [0.15, 0.2) is 6.10 Å². The Labute approximate surface area is 146 Å². The van der Waals surface area contributed by atoms with Crippen molar-refractivity contribution in [3.63, 3.8) is 0 Å². The minimum atomic E-state index is -0.386. The molecule has 1 aromatic carbocycles. The lowest BCUT2D eigenvalue weighted by molar-refractivity contribution is -0.139. The molecule has 0 aliphatic carbocycles. The van der Waals surface area contributed by atoms with Crippen molar-refractivity contribution in [2.75, 3.05) is 18.8 Å². The van der Waals surface area contributed by atoms with Gasteiger partial charge in [0.2, 0.25) is 0 Å². The van der Waals surface area contributed by atoms with Crippen LogP contribution in [0.3, 0.4) is 0 Å². The van der Waals surface area contributed by atoms with Gasteiger partial charge in [0.25, 0.3) is 5.91 Å². The Bertz CT molecular complexity index is 745. The first-order valence-corrected chi connectivity index (χ1v) is 9.37. The highest BCUT2D eigenvalue weighted by Gasteiger charge is 2.33. The van der Waals surface area contributed by atoms with Crippen LogP contribution < -0.4 is 4.74 Å². The fourth-order valence-electron chi connectivity index (χ4n) is 3.35. The number of hydrogen-bond donors (Lipinski definition) is 0. The van der Waals surface area contributed by atoms with Crippen LogP contribution in [0.4, 0.5) is 0 Å². The largest absolute Gasteiger partial charge is 0.479 e. The predicted octanol–water partition coefficient (Wildman–Crippen LogP) is 2.91. The van der Waals surface area contributed by atoms with Crippen molar-refractivity contribution < 1.29 is 9.53 Å². The lowest BCUT2D eigenvalue weighted by Crippen LogP contribution is -2.48. The number of amides is 1. The van der Waals surface area contributed by atoms with Crippen LogP contribution in [0.1, 0.15) is 24.4 Å². The molecule has 2 atom stereocenters. The molecule has 2 aliphatic heterocycles. The van der Waals surface area contributed by atoms with Crippen LogP contribution in [0.15, 0.2) is 41.6 Å². The zero-order valence-electron chi connectivity index (χ0n) is 13.7. The van der Waals surface area contributed by atoms with Gasteiger partial charge < -0.3 is 9.64 Å². The number of piperidine rings is 1. The minimum absolute atomic E-state index is 0.102. The molecule has 6 heteroatoms. The first-order valence-electron chi connectivity index (χ1n) is 8.39. The normalized spacial score (nSPS) is 23.5. The molecule has 1 fully saturated rings. The van der Waals surface area contributed by atoms with Crippen LogP contribution in [0.2, 0.25) is 0 Å². The Kier molecular flexibility index (Phi) is 4.22. The third-order valence-corrected chi connectivity index (χ3v) is 5.71. The SMILES string of the molecule is Cc1cnn([C@H]2CCCN(C(=O)[C@H]3CSc4ccccc4O3)C2)c1. The van der Waals surface area contributed by atoms with E-state index in [-0.39, 0.29) is 18.1 Å². The van der Waals surface area contributed by atoms with E-state index in [0.717, 1.165) is 35.6 Å². The summed E-state index contributed by atoms with van der Waals surface area (Å²) < 4.78 is 7.96. The number of aryl methyl sites for hydroxylation is 1. The third-order valence-electron chi connectivity index (χ3n) is 4.60. The maximum atomic E-state index is 12.9. The average molecular weight is 343 g/mol. The Morgan fingerprint density at radius 2 is 2.25 bits per heavy atom. The van der Waals surface area contributed by atoms with Gasteiger partial charge in [0, 0.05) is 29.9 Å². The summed E-state index contributed by atoms with van der Waals surface area (Å²) >= 11 is 1.70. The van der Waals surface area contributed by atoms with E-state index in [1.54, 1.807) is 11.8 Å². The molecular weight excluding hydrogens is 322 g/mol. The van der Waals surface area contributed by atoms with Crippen molar-refractivity contribution in [2.45, 2.75) is 36.8 Å². The number of likely N-dealkylation sites (tertiary alicyclic amines) is 1. The van der Waals surface area contributed by atoms with Crippen LogP contribution in [0.5, 0.6) is 5.75 Å². The van der Waals surface area contributed by atoms with Gasteiger partial charge in [-0.3, -0.25) is 9.48 Å². The van der Waals surface area contributed by atoms with Crippen LogP contribution in [-0.2, 0) is 4.79 Å². The summed E-state index contributed by atoms with van der Waals surface area (Å²) in [7, 11) is 0. The number of fused-ring (bicyclic) bond motifs is 1. The molecule has 24 heavy (non-hydrogen) atoms. The molecule has 2 aliphatic rings. The first kappa shape index (κ1) is 15.6. The highest BCUT2D eigenvalue weighted by atomic mass is 32.2. The second kappa shape index (κ2) is 6.51. The number of carbonyl (C=O) groups excluding carboxylic acids is 1. The molecule has 0 saturated carbocycles. The molecule has 126 valence electrons. The maximum absolute atomic E-state index is 12.9. The van der Waals surface area contributed by atoms with Crippen molar-refractivity contribution in [2.24, 2.45) is 0 Å². The minimum Gasteiger partial charge on any atom is -0.479 e. The molecule has 1 saturated heterocycles. The molecule has 1 aromatic heterocycles. The van der Waals surface area contributed by atoms with E-state index in [9.17, 15) is 4.79 Å². The summed E-state index contributed by atoms with van der Waals surface area (Å²) in [5.74, 6) is 1.60. The molecule has 0 N–H and O–H groups in total. The van der Waals surface area contributed by atoms with Gasteiger partial charge in [-0.05, 0) is 37.5 Å². The number of rotatable bonds is 2. The summed E-state index contributed by atoms with van der Waals surface area (Å²) in [4.78, 5) is 16.0. The first-order chi connectivity index (χ1) is 11.7. The van der Waals surface area contributed by atoms with E-state index in [0.29, 0.717) is 12.3 Å². The standard InChI is InChI=1S/C18H21N3O2S/c1-13-9-19-21(10-13)14-5-4-8-20(11-14)18(22)16-12-24-17-7-3-2-6-15(17)23-16/h2-3,6-7,9-10,14,16H,4-5,8,11-12H2,1H3/t14-,16+/m0/s1. The Morgan fingerprint density at radius 1 is 1.38 bits per heavy atom. The van der Waals surface area contributed by atoms with Crippen molar-refractivity contribution >= 4 is 17.7 Å². The molecular formula is C18H21N3O2S. The molecule has 0 radical (unpaired) electrons. The molecule has 5 nitrogen and oxygen atoms in total. The van der Waals surface area contributed by atoms with Crippen molar-refractivity contribution in [1.82, 2.24) is 14.7 Å². The Balaban J connectivity index is 1.45. The van der Waals surface area contributed by atoms with Gasteiger partial charge in [-0.1, -0.05) is 12.1 Å². The molecule has 1 amide bonds. The molecule has 0 spiro atoms. The fourth-order valence-corrected chi connectivity index (χ4v) is 4.32. The summed E-state index contributed by atoms with van der Waals surface area (Å²) in [6.45, 7) is 3.56. The van der Waals surface area contributed by atoms with Gasteiger partial charge in [-0.2, -0.15) is 5.10 Å². The number of ether oxygens (including phenoxy) is 1. The summed E-state index contributed by atoms with van der Waals surface area (Å²) in [5.41, 5.74) is 1.15. The van der Waals surface area contributed by atoms with E-state index in [2.05, 4.69) is 11.3 Å². The number of hydrogen-bond acceptors (Lipinski definition) is 4. The van der Waals surface area contributed by atoms with Gasteiger partial charge in [0.1, 0.15) is 5.75 Å². The van der Waals surface area contributed by atoms with Crippen LogP contribution in [-0.4, -0.2) is 45.5 Å². The highest BCUT2D eigenvalue weighted by molar-refractivity contribution is 7.99.